The van der Waals surface area contributed by atoms with Crippen LogP contribution in [-0.4, -0.2) is 21.4 Å². The van der Waals surface area contributed by atoms with Crippen LogP contribution in [0, 0.1) is 17.0 Å². The number of benzene rings is 2. The average molecular weight is 382 g/mol. The van der Waals surface area contributed by atoms with Crippen molar-refractivity contribution in [3.05, 3.63) is 75.1 Å². The Labute approximate surface area is 160 Å². The summed E-state index contributed by atoms with van der Waals surface area (Å²) in [6, 6.07) is 13.2. The maximum absolute atomic E-state index is 11.9. The molecule has 136 valence electrons. The highest BCUT2D eigenvalue weighted by molar-refractivity contribution is 6.31. The second-order valence-electron chi connectivity index (χ2n) is 6.27. The summed E-state index contributed by atoms with van der Waals surface area (Å²) in [5, 5.41) is 15.4. The van der Waals surface area contributed by atoms with E-state index in [2.05, 4.69) is 15.3 Å². The van der Waals surface area contributed by atoms with Gasteiger partial charge in [0.2, 0.25) is 11.6 Å². The van der Waals surface area contributed by atoms with Gasteiger partial charge >= 0.3 is 5.69 Å². The zero-order chi connectivity index (χ0) is 19.0. The van der Waals surface area contributed by atoms with Gasteiger partial charge in [-0.3, -0.25) is 10.1 Å². The Kier molecular flexibility index (Phi) is 4.37. The number of aryl methyl sites for hydroxylation is 1. The van der Waals surface area contributed by atoms with E-state index in [1.807, 2.05) is 42.2 Å². The van der Waals surface area contributed by atoms with Crippen LogP contribution in [0.5, 0.6) is 0 Å². The first kappa shape index (κ1) is 17.2. The lowest BCUT2D eigenvalue weighted by Gasteiger charge is -2.19. The zero-order valence-electron chi connectivity index (χ0n) is 14.5. The van der Waals surface area contributed by atoms with Crippen molar-refractivity contribution in [3.63, 3.8) is 0 Å². The maximum atomic E-state index is 11.9. The van der Waals surface area contributed by atoms with Crippen LogP contribution >= 0.6 is 11.6 Å². The number of hydrogen-bond acceptors (Lipinski definition) is 6. The highest BCUT2D eigenvalue weighted by Gasteiger charge is 2.31. The molecule has 0 bridgehead atoms. The molecule has 1 aliphatic heterocycles. The fourth-order valence-corrected chi connectivity index (χ4v) is 3.37. The van der Waals surface area contributed by atoms with Crippen LogP contribution in [0.25, 0.3) is 0 Å². The molecule has 2 aromatic carbocycles. The summed E-state index contributed by atoms with van der Waals surface area (Å²) in [6.07, 6.45) is 2.15. The predicted octanol–water partition coefficient (Wildman–Crippen LogP) is 4.78. The third-order valence-corrected chi connectivity index (χ3v) is 4.97. The summed E-state index contributed by atoms with van der Waals surface area (Å²) in [5.74, 6) is 0.412. The van der Waals surface area contributed by atoms with E-state index < -0.39 is 4.92 Å². The number of para-hydroxylation sites is 1. The average Bonchev–Trinajstić information content (AvgIpc) is 3.08. The first-order chi connectivity index (χ1) is 13.0. The van der Waals surface area contributed by atoms with Crippen molar-refractivity contribution in [1.29, 1.82) is 0 Å². The van der Waals surface area contributed by atoms with Crippen LogP contribution in [0.3, 0.4) is 0 Å². The van der Waals surface area contributed by atoms with Crippen molar-refractivity contribution in [2.24, 2.45) is 0 Å². The van der Waals surface area contributed by atoms with Gasteiger partial charge in [0.1, 0.15) is 6.33 Å². The molecule has 4 rings (SSSR count). The Balaban J connectivity index is 1.77. The summed E-state index contributed by atoms with van der Waals surface area (Å²) >= 11 is 6.16. The van der Waals surface area contributed by atoms with Gasteiger partial charge in [-0.05, 0) is 42.7 Å². The van der Waals surface area contributed by atoms with E-state index in [0.29, 0.717) is 17.3 Å². The summed E-state index contributed by atoms with van der Waals surface area (Å²) in [4.78, 5) is 21.6. The Hall–Kier alpha value is -3.19. The third-order valence-electron chi connectivity index (χ3n) is 4.56. The van der Waals surface area contributed by atoms with Crippen molar-refractivity contribution in [1.82, 2.24) is 9.97 Å². The molecule has 0 aliphatic carbocycles. The molecule has 0 amide bonds. The van der Waals surface area contributed by atoms with E-state index in [-0.39, 0.29) is 17.3 Å². The van der Waals surface area contributed by atoms with Gasteiger partial charge in [0.15, 0.2) is 0 Å². The van der Waals surface area contributed by atoms with Gasteiger partial charge in [-0.15, -0.1) is 0 Å². The van der Waals surface area contributed by atoms with Crippen molar-refractivity contribution < 1.29 is 4.92 Å². The van der Waals surface area contributed by atoms with E-state index in [9.17, 15) is 10.1 Å². The Morgan fingerprint density at radius 2 is 2.04 bits per heavy atom. The molecular formula is C19H16ClN5O2. The molecule has 27 heavy (non-hydrogen) atoms. The molecule has 0 saturated carbocycles. The molecule has 1 N–H and O–H groups in total. The molecule has 1 aromatic heterocycles. The molecule has 0 fully saturated rings. The van der Waals surface area contributed by atoms with Gasteiger partial charge in [0.05, 0.1) is 4.92 Å². The molecule has 0 radical (unpaired) electrons. The number of nitrogens with one attached hydrogen (secondary N) is 1. The number of fused-ring (bicyclic) bond motifs is 1. The quantitative estimate of drug-likeness (QED) is 0.517. The summed E-state index contributed by atoms with van der Waals surface area (Å²) in [5.41, 5.74) is 3.47. The van der Waals surface area contributed by atoms with Gasteiger partial charge in [-0.25, -0.2) is 9.97 Å². The normalized spacial score (nSPS) is 12.7. The molecule has 0 atom stereocenters. The molecule has 3 aromatic rings. The van der Waals surface area contributed by atoms with E-state index in [4.69, 9.17) is 11.6 Å². The van der Waals surface area contributed by atoms with Crippen molar-refractivity contribution >= 4 is 40.3 Å². The molecule has 7 nitrogen and oxygen atoms in total. The SMILES string of the molecule is Cc1ccc(Nc2ncnc(N3CCc4ccccc43)c2[N+](=O)[O-])cc1Cl. The number of nitro groups is 1. The maximum Gasteiger partial charge on any atom is 0.354 e. The summed E-state index contributed by atoms with van der Waals surface area (Å²) in [6.45, 7) is 2.52. The standard InChI is InChI=1S/C19H16ClN5O2/c1-12-6-7-14(10-15(12)20)23-18-17(25(26)27)19(22-11-21-18)24-9-8-13-4-2-3-5-16(13)24/h2-7,10-11H,8-9H2,1H3,(H,21,22,23). The smallest absolute Gasteiger partial charge is 0.334 e. The summed E-state index contributed by atoms with van der Waals surface area (Å²) < 4.78 is 0. The zero-order valence-corrected chi connectivity index (χ0v) is 15.3. The highest BCUT2D eigenvalue weighted by atomic mass is 35.5. The Bertz CT molecular complexity index is 1040. The van der Waals surface area contributed by atoms with Crippen LogP contribution in [0.1, 0.15) is 11.1 Å². The van der Waals surface area contributed by atoms with Crippen LogP contribution in [0.2, 0.25) is 5.02 Å². The largest absolute Gasteiger partial charge is 0.354 e. The number of aromatic nitrogens is 2. The van der Waals surface area contributed by atoms with E-state index in [1.165, 1.54) is 6.33 Å². The lowest BCUT2D eigenvalue weighted by molar-refractivity contribution is -0.383. The number of nitrogens with zero attached hydrogens (tertiary/aromatic N) is 4. The first-order valence-electron chi connectivity index (χ1n) is 8.42. The molecular weight excluding hydrogens is 366 g/mol. The lowest BCUT2D eigenvalue weighted by Crippen LogP contribution is -2.17. The minimum atomic E-state index is -0.450. The molecule has 0 spiro atoms. The van der Waals surface area contributed by atoms with Crippen molar-refractivity contribution in [2.75, 3.05) is 16.8 Å². The molecule has 0 saturated heterocycles. The van der Waals surface area contributed by atoms with Crippen LogP contribution in [0.4, 0.5) is 28.7 Å². The number of hydrogen-bond donors (Lipinski definition) is 1. The van der Waals surface area contributed by atoms with Crippen LogP contribution in [-0.2, 0) is 6.42 Å². The first-order valence-corrected chi connectivity index (χ1v) is 8.80. The van der Waals surface area contributed by atoms with E-state index in [1.54, 1.807) is 12.1 Å². The molecule has 1 aliphatic rings. The van der Waals surface area contributed by atoms with Gasteiger partial charge in [-0.1, -0.05) is 35.9 Å². The molecule has 0 unspecified atom stereocenters. The molecule has 2 heterocycles. The Morgan fingerprint density at radius 1 is 1.22 bits per heavy atom. The van der Waals surface area contributed by atoms with Gasteiger partial charge in [0, 0.05) is 22.9 Å². The number of rotatable bonds is 4. The van der Waals surface area contributed by atoms with Crippen LogP contribution in [0.15, 0.2) is 48.8 Å². The Morgan fingerprint density at radius 3 is 2.81 bits per heavy atom. The summed E-state index contributed by atoms with van der Waals surface area (Å²) in [7, 11) is 0. The predicted molar refractivity (Wildman–Crippen MR) is 105 cm³/mol. The topological polar surface area (TPSA) is 84.2 Å². The van der Waals surface area contributed by atoms with Gasteiger partial charge < -0.3 is 10.2 Å². The van der Waals surface area contributed by atoms with Crippen molar-refractivity contribution in [2.45, 2.75) is 13.3 Å². The van der Waals surface area contributed by atoms with Gasteiger partial charge in [-0.2, -0.15) is 0 Å². The minimum Gasteiger partial charge on any atom is -0.334 e. The minimum absolute atomic E-state index is 0.134. The monoisotopic (exact) mass is 381 g/mol. The highest BCUT2D eigenvalue weighted by Crippen LogP contribution is 2.40. The molecule has 8 heteroatoms. The second-order valence-corrected chi connectivity index (χ2v) is 6.68. The third kappa shape index (κ3) is 3.17. The van der Waals surface area contributed by atoms with Crippen molar-refractivity contribution in [3.8, 4) is 0 Å². The van der Waals surface area contributed by atoms with Gasteiger partial charge in [0.25, 0.3) is 0 Å². The second kappa shape index (κ2) is 6.85. The fourth-order valence-electron chi connectivity index (χ4n) is 3.19. The lowest BCUT2D eigenvalue weighted by atomic mass is 10.2. The fraction of sp³-hybridized carbons (Fsp3) is 0.158. The van der Waals surface area contributed by atoms with E-state index >= 15 is 0 Å². The number of halogens is 1. The van der Waals surface area contributed by atoms with E-state index in [0.717, 1.165) is 23.2 Å². The van der Waals surface area contributed by atoms with Crippen LogP contribution < -0.4 is 10.2 Å². The number of anilines is 4.